The SMILES string of the molecule is Cc1nc(N)nc(C(C)Oc2ccc(C(C)C)cc2)c1C(N)=O. The third kappa shape index (κ3) is 3.77. The highest BCUT2D eigenvalue weighted by Gasteiger charge is 2.21. The van der Waals surface area contributed by atoms with Crippen LogP contribution >= 0.6 is 0 Å². The Morgan fingerprint density at radius 2 is 1.74 bits per heavy atom. The van der Waals surface area contributed by atoms with Gasteiger partial charge >= 0.3 is 0 Å². The highest BCUT2D eigenvalue weighted by molar-refractivity contribution is 5.95. The number of nitrogens with two attached hydrogens (primary N) is 2. The molecule has 0 saturated heterocycles. The summed E-state index contributed by atoms with van der Waals surface area (Å²) in [5, 5.41) is 0. The lowest BCUT2D eigenvalue weighted by Crippen LogP contribution is -2.21. The van der Waals surface area contributed by atoms with E-state index < -0.39 is 12.0 Å². The third-order valence-corrected chi connectivity index (χ3v) is 3.63. The van der Waals surface area contributed by atoms with Crippen molar-refractivity contribution < 1.29 is 9.53 Å². The molecular formula is C17H22N4O2. The van der Waals surface area contributed by atoms with E-state index in [1.807, 2.05) is 24.3 Å². The van der Waals surface area contributed by atoms with Crippen molar-refractivity contribution in [3.05, 3.63) is 46.8 Å². The summed E-state index contributed by atoms with van der Waals surface area (Å²) in [7, 11) is 0. The molecule has 122 valence electrons. The Balaban J connectivity index is 2.30. The Morgan fingerprint density at radius 3 is 2.26 bits per heavy atom. The molecule has 6 heteroatoms. The van der Waals surface area contributed by atoms with E-state index in [0.29, 0.717) is 23.1 Å². The molecule has 0 radical (unpaired) electrons. The molecule has 0 saturated carbocycles. The van der Waals surface area contributed by atoms with Crippen molar-refractivity contribution >= 4 is 11.9 Å². The van der Waals surface area contributed by atoms with Crippen molar-refractivity contribution in [1.29, 1.82) is 0 Å². The zero-order chi connectivity index (χ0) is 17.1. The van der Waals surface area contributed by atoms with Crippen molar-refractivity contribution in [3.8, 4) is 5.75 Å². The molecule has 1 unspecified atom stereocenters. The van der Waals surface area contributed by atoms with Crippen molar-refractivity contribution in [1.82, 2.24) is 9.97 Å². The second-order valence-corrected chi connectivity index (χ2v) is 5.78. The molecule has 0 fully saturated rings. The second-order valence-electron chi connectivity index (χ2n) is 5.78. The van der Waals surface area contributed by atoms with Crippen molar-refractivity contribution in [3.63, 3.8) is 0 Å². The molecule has 4 N–H and O–H groups in total. The topological polar surface area (TPSA) is 104 Å². The summed E-state index contributed by atoms with van der Waals surface area (Å²) in [6, 6.07) is 7.82. The first-order valence-corrected chi connectivity index (χ1v) is 7.50. The molecule has 1 atom stereocenters. The van der Waals surface area contributed by atoms with Crippen LogP contribution in [0.15, 0.2) is 24.3 Å². The van der Waals surface area contributed by atoms with Crippen LogP contribution in [0, 0.1) is 6.92 Å². The summed E-state index contributed by atoms with van der Waals surface area (Å²) in [4.78, 5) is 19.8. The third-order valence-electron chi connectivity index (χ3n) is 3.63. The summed E-state index contributed by atoms with van der Waals surface area (Å²) in [6.07, 6.45) is -0.480. The van der Waals surface area contributed by atoms with Crippen LogP contribution in [-0.2, 0) is 0 Å². The fourth-order valence-electron chi connectivity index (χ4n) is 2.41. The average molecular weight is 314 g/mol. The minimum absolute atomic E-state index is 0.0908. The fraction of sp³-hybridized carbons (Fsp3) is 0.353. The summed E-state index contributed by atoms with van der Waals surface area (Å²) in [6.45, 7) is 7.73. The molecule has 0 spiro atoms. The number of hydrogen-bond donors (Lipinski definition) is 2. The molecule has 1 heterocycles. The lowest BCUT2D eigenvalue weighted by molar-refractivity contribution is 0.0993. The number of primary amides is 1. The maximum atomic E-state index is 11.7. The van der Waals surface area contributed by atoms with E-state index in [-0.39, 0.29) is 11.5 Å². The number of anilines is 1. The first kappa shape index (κ1) is 16.7. The zero-order valence-corrected chi connectivity index (χ0v) is 13.8. The number of aryl methyl sites for hydroxylation is 1. The Morgan fingerprint density at radius 1 is 1.13 bits per heavy atom. The molecule has 1 amide bonds. The quantitative estimate of drug-likeness (QED) is 0.883. The van der Waals surface area contributed by atoms with E-state index in [0.717, 1.165) is 0 Å². The number of nitrogen functional groups attached to an aromatic ring is 1. The predicted molar refractivity (Wildman–Crippen MR) is 89.3 cm³/mol. The predicted octanol–water partition coefficient (Wildman–Crippen LogP) is 2.73. The molecule has 2 rings (SSSR count). The molecule has 0 aliphatic heterocycles. The van der Waals surface area contributed by atoms with E-state index in [9.17, 15) is 4.79 Å². The zero-order valence-electron chi connectivity index (χ0n) is 13.8. The van der Waals surface area contributed by atoms with Gasteiger partial charge in [0, 0.05) is 0 Å². The second kappa shape index (κ2) is 6.64. The molecule has 0 aliphatic carbocycles. The number of nitrogens with zero attached hydrogens (tertiary/aromatic N) is 2. The molecule has 23 heavy (non-hydrogen) atoms. The van der Waals surface area contributed by atoms with Crippen LogP contribution < -0.4 is 16.2 Å². The van der Waals surface area contributed by atoms with Gasteiger partial charge in [-0.3, -0.25) is 4.79 Å². The Kier molecular flexibility index (Phi) is 4.83. The minimum atomic E-state index is -0.594. The number of ether oxygens (including phenoxy) is 1. The smallest absolute Gasteiger partial charge is 0.252 e. The van der Waals surface area contributed by atoms with Gasteiger partial charge in [0.05, 0.1) is 17.0 Å². The fourth-order valence-corrected chi connectivity index (χ4v) is 2.41. The Bertz CT molecular complexity index is 711. The van der Waals surface area contributed by atoms with Crippen molar-refractivity contribution in [2.75, 3.05) is 5.73 Å². The largest absolute Gasteiger partial charge is 0.484 e. The van der Waals surface area contributed by atoms with Crippen molar-refractivity contribution in [2.24, 2.45) is 5.73 Å². The average Bonchev–Trinajstić information content (AvgIpc) is 2.46. The highest BCUT2D eigenvalue weighted by Crippen LogP contribution is 2.26. The molecule has 0 aliphatic rings. The van der Waals surface area contributed by atoms with Crippen LogP contribution in [0.1, 0.15) is 60.1 Å². The lowest BCUT2D eigenvalue weighted by Gasteiger charge is -2.18. The normalized spacial score (nSPS) is 12.2. The summed E-state index contributed by atoms with van der Waals surface area (Å²) in [5.74, 6) is 0.635. The molecule has 6 nitrogen and oxygen atoms in total. The number of carbonyl (C=O) groups is 1. The van der Waals surface area contributed by atoms with Gasteiger partial charge < -0.3 is 16.2 Å². The summed E-state index contributed by atoms with van der Waals surface area (Å²) in [5.41, 5.74) is 13.4. The van der Waals surface area contributed by atoms with Gasteiger partial charge in [-0.15, -0.1) is 0 Å². The van der Waals surface area contributed by atoms with Crippen LogP contribution in [0.4, 0.5) is 5.95 Å². The first-order chi connectivity index (χ1) is 10.8. The van der Waals surface area contributed by atoms with Crippen LogP contribution in [0.2, 0.25) is 0 Å². The van der Waals surface area contributed by atoms with Gasteiger partial charge in [-0.1, -0.05) is 26.0 Å². The maximum absolute atomic E-state index is 11.7. The number of carbonyl (C=O) groups excluding carboxylic acids is 1. The molecule has 1 aromatic carbocycles. The monoisotopic (exact) mass is 314 g/mol. The molecule has 1 aromatic heterocycles. The highest BCUT2D eigenvalue weighted by atomic mass is 16.5. The Labute approximate surface area is 135 Å². The van der Waals surface area contributed by atoms with E-state index in [4.69, 9.17) is 16.2 Å². The van der Waals surface area contributed by atoms with E-state index in [2.05, 4.69) is 23.8 Å². The number of aromatic nitrogens is 2. The first-order valence-electron chi connectivity index (χ1n) is 7.50. The minimum Gasteiger partial charge on any atom is -0.484 e. The van der Waals surface area contributed by atoms with Gasteiger partial charge in [-0.25, -0.2) is 9.97 Å². The number of rotatable bonds is 5. The van der Waals surface area contributed by atoms with E-state index in [1.165, 1.54) is 5.56 Å². The number of benzene rings is 1. The maximum Gasteiger partial charge on any atom is 0.252 e. The van der Waals surface area contributed by atoms with Crippen molar-refractivity contribution in [2.45, 2.75) is 39.7 Å². The van der Waals surface area contributed by atoms with Gasteiger partial charge in [-0.2, -0.15) is 0 Å². The number of amides is 1. The standard InChI is InChI=1S/C17H22N4O2/c1-9(2)12-5-7-13(8-6-12)23-11(4)15-14(16(18)22)10(3)20-17(19)21-15/h5-9,11H,1-4H3,(H2,18,22)(H2,19,20,21). The van der Waals surface area contributed by atoms with Gasteiger partial charge in [-0.05, 0) is 37.5 Å². The van der Waals surface area contributed by atoms with Gasteiger partial charge in [0.1, 0.15) is 11.9 Å². The summed E-state index contributed by atoms with van der Waals surface area (Å²) < 4.78 is 5.88. The summed E-state index contributed by atoms with van der Waals surface area (Å²) >= 11 is 0. The van der Waals surface area contributed by atoms with Gasteiger partial charge in [0.15, 0.2) is 0 Å². The Hall–Kier alpha value is -2.63. The van der Waals surface area contributed by atoms with Gasteiger partial charge in [0.25, 0.3) is 5.91 Å². The van der Waals surface area contributed by atoms with E-state index in [1.54, 1.807) is 13.8 Å². The molecule has 0 bridgehead atoms. The molecule has 2 aromatic rings. The van der Waals surface area contributed by atoms with Crippen LogP contribution in [0.25, 0.3) is 0 Å². The molecular weight excluding hydrogens is 292 g/mol. The van der Waals surface area contributed by atoms with Crippen LogP contribution in [0.5, 0.6) is 5.75 Å². The number of hydrogen-bond acceptors (Lipinski definition) is 5. The van der Waals surface area contributed by atoms with Crippen LogP contribution in [0.3, 0.4) is 0 Å². The lowest BCUT2D eigenvalue weighted by atomic mass is 10.0. The van der Waals surface area contributed by atoms with E-state index >= 15 is 0 Å². The van der Waals surface area contributed by atoms with Crippen LogP contribution in [-0.4, -0.2) is 15.9 Å². The van der Waals surface area contributed by atoms with Gasteiger partial charge in [0.2, 0.25) is 5.95 Å².